The van der Waals surface area contributed by atoms with Gasteiger partial charge in [-0.15, -0.1) is 0 Å². The molecule has 0 aromatic heterocycles. The summed E-state index contributed by atoms with van der Waals surface area (Å²) in [5.41, 5.74) is 0.493. The molecule has 0 bridgehead atoms. The number of benzene rings is 1. The zero-order valence-electron chi connectivity index (χ0n) is 11.7. The molecule has 0 atom stereocenters. The van der Waals surface area contributed by atoms with Crippen molar-refractivity contribution >= 4 is 5.84 Å². The molecule has 1 aromatic carbocycles. The van der Waals surface area contributed by atoms with E-state index in [1.807, 2.05) is 4.90 Å². The minimum absolute atomic E-state index is 0.188. The Morgan fingerprint density at radius 1 is 1.30 bits per heavy atom. The van der Waals surface area contributed by atoms with Crippen LogP contribution in [0.5, 0.6) is 0 Å². The van der Waals surface area contributed by atoms with Crippen LogP contribution < -0.4 is 5.32 Å². The summed E-state index contributed by atoms with van der Waals surface area (Å²) in [7, 11) is 0. The smallest absolute Gasteiger partial charge is 0.180 e. The number of hydrogen-bond acceptors (Lipinski definition) is 3. The van der Waals surface area contributed by atoms with Crippen molar-refractivity contribution in [1.82, 2.24) is 10.2 Å². The molecule has 1 aliphatic heterocycles. The van der Waals surface area contributed by atoms with Crippen molar-refractivity contribution in [2.24, 2.45) is 10.9 Å². The van der Waals surface area contributed by atoms with Crippen LogP contribution >= 0.6 is 0 Å². The van der Waals surface area contributed by atoms with Crippen LogP contribution in [-0.2, 0) is 6.54 Å². The normalized spacial score (nSPS) is 15.2. The minimum Gasteiger partial charge on any atom is -0.364 e. The lowest BCUT2D eigenvalue weighted by Crippen LogP contribution is -2.33. The van der Waals surface area contributed by atoms with Gasteiger partial charge in [0.05, 0.1) is 0 Å². The Labute approximate surface area is 118 Å². The van der Waals surface area contributed by atoms with Gasteiger partial charge in [0, 0.05) is 24.9 Å². The Morgan fingerprint density at radius 2 is 2.05 bits per heavy atom. The molecule has 1 N–H and O–H groups in total. The van der Waals surface area contributed by atoms with Crippen molar-refractivity contribution in [3.63, 3.8) is 0 Å². The van der Waals surface area contributed by atoms with Crippen LogP contribution in [0, 0.1) is 11.7 Å². The Balaban J connectivity index is 1.93. The largest absolute Gasteiger partial charge is 0.364 e. The number of hydrogen-bond donors (Lipinski definition) is 1. The third-order valence-corrected chi connectivity index (χ3v) is 2.94. The number of halogens is 2. The van der Waals surface area contributed by atoms with Crippen molar-refractivity contribution in [1.29, 1.82) is 0 Å². The fraction of sp³-hybridized carbons (Fsp3) is 0.400. The van der Waals surface area contributed by atoms with E-state index in [2.05, 4.69) is 24.2 Å². The molecule has 3 nitrogen and oxygen atoms in total. The zero-order chi connectivity index (χ0) is 14.5. The lowest BCUT2D eigenvalue weighted by atomic mass is 10.2. The maximum Gasteiger partial charge on any atom is 0.180 e. The highest BCUT2D eigenvalue weighted by Crippen LogP contribution is 2.12. The summed E-state index contributed by atoms with van der Waals surface area (Å²) in [5.74, 6) is -0.0779. The topological polar surface area (TPSA) is 27.6 Å². The van der Waals surface area contributed by atoms with Crippen LogP contribution in [0.15, 0.2) is 41.3 Å². The van der Waals surface area contributed by atoms with Gasteiger partial charge in [-0.1, -0.05) is 32.0 Å². The SMILES string of the molecule is CC(C)CN1C=C(F)C(NCc2ccccc2F)=NC1. The molecule has 0 saturated carbocycles. The minimum atomic E-state index is -0.409. The molecule has 0 fully saturated rings. The first-order chi connectivity index (χ1) is 9.56. The lowest BCUT2D eigenvalue weighted by Gasteiger charge is -2.24. The first kappa shape index (κ1) is 14.5. The van der Waals surface area contributed by atoms with Gasteiger partial charge in [-0.05, 0) is 12.0 Å². The number of nitrogens with one attached hydrogen (secondary N) is 1. The van der Waals surface area contributed by atoms with Gasteiger partial charge < -0.3 is 10.2 Å². The number of aliphatic imine (C=N–C) groups is 1. The second-order valence-corrected chi connectivity index (χ2v) is 5.24. The van der Waals surface area contributed by atoms with Gasteiger partial charge in [-0.25, -0.2) is 13.8 Å². The molecular weight excluding hydrogens is 260 g/mol. The Hall–Kier alpha value is -1.91. The standard InChI is InChI=1S/C15H19F2N3/c1-11(2)8-20-9-14(17)15(19-10-20)18-7-12-5-3-4-6-13(12)16/h3-6,9,11H,7-8,10H2,1-2H3,(H,18,19). The summed E-state index contributed by atoms with van der Waals surface area (Å²) < 4.78 is 27.3. The van der Waals surface area contributed by atoms with Crippen molar-refractivity contribution in [2.75, 3.05) is 13.2 Å². The van der Waals surface area contributed by atoms with Gasteiger partial charge in [-0.3, -0.25) is 0 Å². The van der Waals surface area contributed by atoms with Crippen LogP contribution in [0.4, 0.5) is 8.78 Å². The lowest BCUT2D eigenvalue weighted by molar-refractivity contribution is 0.326. The van der Waals surface area contributed by atoms with Crippen LogP contribution in [0.2, 0.25) is 0 Å². The molecule has 5 heteroatoms. The highest BCUT2D eigenvalue weighted by Gasteiger charge is 2.15. The van der Waals surface area contributed by atoms with Crippen LogP contribution in [0.1, 0.15) is 19.4 Å². The van der Waals surface area contributed by atoms with Crippen LogP contribution in [-0.4, -0.2) is 23.9 Å². The van der Waals surface area contributed by atoms with E-state index in [1.54, 1.807) is 18.2 Å². The summed E-state index contributed by atoms with van der Waals surface area (Å²) >= 11 is 0. The summed E-state index contributed by atoms with van der Waals surface area (Å²) in [6, 6.07) is 6.43. The summed E-state index contributed by atoms with van der Waals surface area (Å²) in [4.78, 5) is 5.98. The molecule has 0 amide bonds. The molecule has 0 radical (unpaired) electrons. The second-order valence-electron chi connectivity index (χ2n) is 5.24. The first-order valence-corrected chi connectivity index (χ1v) is 6.69. The predicted molar refractivity (Wildman–Crippen MR) is 76.3 cm³/mol. The number of rotatable bonds is 4. The molecule has 0 aliphatic carbocycles. The Kier molecular flexibility index (Phi) is 4.71. The average Bonchev–Trinajstić information content (AvgIpc) is 2.39. The van der Waals surface area contributed by atoms with Crippen molar-refractivity contribution < 1.29 is 8.78 Å². The van der Waals surface area contributed by atoms with E-state index in [9.17, 15) is 8.78 Å². The zero-order valence-corrected chi connectivity index (χ0v) is 11.7. The van der Waals surface area contributed by atoms with Crippen molar-refractivity contribution in [3.05, 3.63) is 47.7 Å². The van der Waals surface area contributed by atoms with Crippen LogP contribution in [0.3, 0.4) is 0 Å². The van der Waals surface area contributed by atoms with Gasteiger partial charge in [-0.2, -0.15) is 0 Å². The van der Waals surface area contributed by atoms with Crippen LogP contribution in [0.25, 0.3) is 0 Å². The number of nitrogens with zero attached hydrogens (tertiary/aromatic N) is 2. The predicted octanol–water partition coefficient (Wildman–Crippen LogP) is 3.05. The molecular formula is C15H19F2N3. The Bertz CT molecular complexity index is 524. The second kappa shape index (κ2) is 6.50. The van der Waals surface area contributed by atoms with E-state index in [0.29, 0.717) is 18.2 Å². The molecule has 0 spiro atoms. The molecule has 2 rings (SSSR count). The van der Waals surface area contributed by atoms with E-state index in [0.717, 1.165) is 6.54 Å². The summed E-state index contributed by atoms with van der Waals surface area (Å²) in [6.07, 6.45) is 1.46. The maximum atomic E-state index is 13.9. The highest BCUT2D eigenvalue weighted by molar-refractivity contribution is 5.96. The van der Waals surface area contributed by atoms with Gasteiger partial charge in [0.15, 0.2) is 11.7 Å². The average molecular weight is 279 g/mol. The maximum absolute atomic E-state index is 13.9. The molecule has 108 valence electrons. The van der Waals surface area contributed by atoms with E-state index in [1.165, 1.54) is 12.3 Å². The molecule has 0 saturated heterocycles. The molecule has 20 heavy (non-hydrogen) atoms. The first-order valence-electron chi connectivity index (χ1n) is 6.69. The fourth-order valence-corrected chi connectivity index (χ4v) is 2.04. The molecule has 1 aromatic rings. The van der Waals surface area contributed by atoms with Gasteiger partial charge in [0.2, 0.25) is 0 Å². The quantitative estimate of drug-likeness (QED) is 0.917. The third kappa shape index (κ3) is 3.79. The monoisotopic (exact) mass is 279 g/mol. The fourth-order valence-electron chi connectivity index (χ4n) is 2.04. The molecule has 1 heterocycles. The van der Waals surface area contributed by atoms with E-state index in [-0.39, 0.29) is 18.2 Å². The Morgan fingerprint density at radius 3 is 2.70 bits per heavy atom. The van der Waals surface area contributed by atoms with Gasteiger partial charge in [0.1, 0.15) is 12.5 Å². The van der Waals surface area contributed by atoms with E-state index < -0.39 is 5.83 Å². The van der Waals surface area contributed by atoms with Gasteiger partial charge in [0.25, 0.3) is 0 Å². The third-order valence-electron chi connectivity index (χ3n) is 2.94. The van der Waals surface area contributed by atoms with E-state index in [4.69, 9.17) is 0 Å². The summed E-state index contributed by atoms with van der Waals surface area (Å²) in [5, 5.41) is 2.84. The molecule has 0 unspecified atom stereocenters. The highest BCUT2D eigenvalue weighted by atomic mass is 19.1. The summed E-state index contributed by atoms with van der Waals surface area (Å²) in [6.45, 7) is 5.54. The van der Waals surface area contributed by atoms with E-state index >= 15 is 0 Å². The molecule has 1 aliphatic rings. The van der Waals surface area contributed by atoms with Crippen molar-refractivity contribution in [2.45, 2.75) is 20.4 Å². The van der Waals surface area contributed by atoms with Crippen molar-refractivity contribution in [3.8, 4) is 0 Å². The van der Waals surface area contributed by atoms with Gasteiger partial charge >= 0.3 is 0 Å². The number of amidine groups is 1.